The number of nitrogens with one attached hydrogen (secondary N) is 1. The maximum atomic E-state index is 5.96. The highest BCUT2D eigenvalue weighted by Crippen LogP contribution is 2.25. The van der Waals surface area contributed by atoms with Crippen molar-refractivity contribution in [2.45, 2.75) is 45.3 Å². The van der Waals surface area contributed by atoms with E-state index in [9.17, 15) is 0 Å². The van der Waals surface area contributed by atoms with Gasteiger partial charge in [-0.1, -0.05) is 25.8 Å². The van der Waals surface area contributed by atoms with Crippen LogP contribution < -0.4 is 5.32 Å². The molecule has 18 heavy (non-hydrogen) atoms. The molecule has 1 heterocycles. The zero-order valence-corrected chi connectivity index (χ0v) is 11.3. The molecule has 2 rings (SSSR count). The van der Waals surface area contributed by atoms with Crippen LogP contribution in [0, 0.1) is 5.92 Å². The third kappa shape index (κ3) is 4.39. The minimum absolute atomic E-state index is 0.485. The van der Waals surface area contributed by atoms with Crippen molar-refractivity contribution in [2.75, 3.05) is 13.2 Å². The molecule has 1 aliphatic carbocycles. The normalized spacial score (nSPS) is 24.1. The molecule has 2 atom stereocenters. The van der Waals surface area contributed by atoms with Gasteiger partial charge in [-0.25, -0.2) is 0 Å². The molecule has 3 nitrogen and oxygen atoms in total. The van der Waals surface area contributed by atoms with Crippen molar-refractivity contribution in [2.24, 2.45) is 5.92 Å². The van der Waals surface area contributed by atoms with Gasteiger partial charge in [0.25, 0.3) is 0 Å². The lowest BCUT2D eigenvalue weighted by Crippen LogP contribution is -2.29. The molecule has 100 valence electrons. The molecule has 3 heteroatoms. The van der Waals surface area contributed by atoms with Crippen LogP contribution in [0.15, 0.2) is 24.5 Å². The Morgan fingerprint density at radius 1 is 1.39 bits per heavy atom. The summed E-state index contributed by atoms with van der Waals surface area (Å²) >= 11 is 0. The summed E-state index contributed by atoms with van der Waals surface area (Å²) < 4.78 is 5.96. The van der Waals surface area contributed by atoms with Crippen LogP contribution in [0.4, 0.5) is 0 Å². The van der Waals surface area contributed by atoms with Crippen molar-refractivity contribution >= 4 is 0 Å². The predicted molar refractivity (Wildman–Crippen MR) is 73.3 cm³/mol. The molecule has 1 aliphatic rings. The SMILES string of the molecule is CC1CCCCC1OCCNCc1cccnc1. The summed E-state index contributed by atoms with van der Waals surface area (Å²) in [6.45, 7) is 4.91. The molecule has 0 radical (unpaired) electrons. The minimum Gasteiger partial charge on any atom is -0.377 e. The van der Waals surface area contributed by atoms with Gasteiger partial charge < -0.3 is 10.1 Å². The topological polar surface area (TPSA) is 34.1 Å². The van der Waals surface area contributed by atoms with Gasteiger partial charge in [-0.15, -0.1) is 0 Å². The standard InChI is InChI=1S/C15H24N2O/c1-13-5-2-3-7-15(13)18-10-9-17-12-14-6-4-8-16-11-14/h4,6,8,11,13,15,17H,2-3,5,7,9-10,12H2,1H3. The summed E-state index contributed by atoms with van der Waals surface area (Å²) in [6.07, 6.45) is 9.46. The van der Waals surface area contributed by atoms with Crippen LogP contribution in [0.1, 0.15) is 38.2 Å². The fourth-order valence-corrected chi connectivity index (χ4v) is 2.55. The summed E-state index contributed by atoms with van der Waals surface area (Å²) in [7, 11) is 0. The fraction of sp³-hybridized carbons (Fsp3) is 0.667. The van der Waals surface area contributed by atoms with E-state index in [-0.39, 0.29) is 0 Å². The van der Waals surface area contributed by atoms with Crippen molar-refractivity contribution in [3.05, 3.63) is 30.1 Å². The first-order chi connectivity index (χ1) is 8.86. The van der Waals surface area contributed by atoms with Gasteiger partial charge in [0.15, 0.2) is 0 Å². The number of hydrogen-bond donors (Lipinski definition) is 1. The van der Waals surface area contributed by atoms with Crippen molar-refractivity contribution in [3.8, 4) is 0 Å². The van der Waals surface area contributed by atoms with Gasteiger partial charge in [-0.2, -0.15) is 0 Å². The molecule has 0 aliphatic heterocycles. The molecular weight excluding hydrogens is 224 g/mol. The third-order valence-corrected chi connectivity index (χ3v) is 3.70. The molecule has 1 N–H and O–H groups in total. The largest absolute Gasteiger partial charge is 0.377 e. The van der Waals surface area contributed by atoms with E-state index in [1.165, 1.54) is 31.2 Å². The Morgan fingerprint density at radius 3 is 3.06 bits per heavy atom. The molecule has 2 unspecified atom stereocenters. The molecule has 1 fully saturated rings. The summed E-state index contributed by atoms with van der Waals surface area (Å²) in [5.74, 6) is 0.733. The highest BCUT2D eigenvalue weighted by atomic mass is 16.5. The van der Waals surface area contributed by atoms with Crippen LogP contribution in [0.2, 0.25) is 0 Å². The number of hydrogen-bond acceptors (Lipinski definition) is 3. The number of nitrogens with zero attached hydrogens (tertiary/aromatic N) is 1. The average Bonchev–Trinajstić information content (AvgIpc) is 2.42. The predicted octanol–water partition coefficient (Wildman–Crippen LogP) is 2.77. The van der Waals surface area contributed by atoms with E-state index in [0.717, 1.165) is 25.6 Å². The molecule has 1 aromatic heterocycles. The summed E-state index contributed by atoms with van der Waals surface area (Å²) in [5.41, 5.74) is 1.23. The number of ether oxygens (including phenoxy) is 1. The number of rotatable bonds is 6. The number of aromatic nitrogens is 1. The fourth-order valence-electron chi connectivity index (χ4n) is 2.55. The maximum absolute atomic E-state index is 5.96. The van der Waals surface area contributed by atoms with Gasteiger partial charge in [-0.3, -0.25) is 4.98 Å². The van der Waals surface area contributed by atoms with Gasteiger partial charge in [0.05, 0.1) is 12.7 Å². The zero-order chi connectivity index (χ0) is 12.6. The van der Waals surface area contributed by atoms with Gasteiger partial charge in [-0.05, 0) is 30.4 Å². The second-order valence-electron chi connectivity index (χ2n) is 5.21. The summed E-state index contributed by atoms with van der Waals surface area (Å²) in [6, 6.07) is 4.06. The first-order valence-corrected chi connectivity index (χ1v) is 7.07. The van der Waals surface area contributed by atoms with Crippen LogP contribution in [-0.2, 0) is 11.3 Å². The van der Waals surface area contributed by atoms with Crippen LogP contribution in [0.3, 0.4) is 0 Å². The second-order valence-corrected chi connectivity index (χ2v) is 5.21. The van der Waals surface area contributed by atoms with Crippen molar-refractivity contribution < 1.29 is 4.74 Å². The Labute approximate surface area is 110 Å². The first-order valence-electron chi connectivity index (χ1n) is 7.07. The molecule has 0 spiro atoms. The maximum Gasteiger partial charge on any atom is 0.0601 e. The van der Waals surface area contributed by atoms with E-state index in [0.29, 0.717) is 6.10 Å². The monoisotopic (exact) mass is 248 g/mol. The lowest BCUT2D eigenvalue weighted by atomic mass is 9.88. The van der Waals surface area contributed by atoms with Crippen molar-refractivity contribution in [3.63, 3.8) is 0 Å². The molecule has 0 bridgehead atoms. The van der Waals surface area contributed by atoms with Gasteiger partial charge in [0, 0.05) is 25.5 Å². The highest BCUT2D eigenvalue weighted by molar-refractivity contribution is 5.07. The van der Waals surface area contributed by atoms with E-state index in [1.54, 1.807) is 6.20 Å². The van der Waals surface area contributed by atoms with E-state index in [2.05, 4.69) is 23.3 Å². The second kappa shape index (κ2) is 7.49. The third-order valence-electron chi connectivity index (χ3n) is 3.70. The van der Waals surface area contributed by atoms with Crippen molar-refractivity contribution in [1.29, 1.82) is 0 Å². The summed E-state index contributed by atoms with van der Waals surface area (Å²) in [4.78, 5) is 4.10. The van der Waals surface area contributed by atoms with Gasteiger partial charge in [0.1, 0.15) is 0 Å². The van der Waals surface area contributed by atoms with Gasteiger partial charge in [0.2, 0.25) is 0 Å². The zero-order valence-electron chi connectivity index (χ0n) is 11.3. The van der Waals surface area contributed by atoms with Crippen LogP contribution in [0.25, 0.3) is 0 Å². The molecule has 0 aromatic carbocycles. The Balaban J connectivity index is 1.56. The van der Waals surface area contributed by atoms with E-state index >= 15 is 0 Å². The Kier molecular flexibility index (Phi) is 5.62. The lowest BCUT2D eigenvalue weighted by molar-refractivity contribution is -0.00322. The van der Waals surface area contributed by atoms with Crippen LogP contribution >= 0.6 is 0 Å². The molecule has 1 aromatic rings. The summed E-state index contributed by atoms with van der Waals surface area (Å²) in [5, 5.41) is 3.39. The Morgan fingerprint density at radius 2 is 2.28 bits per heavy atom. The molecule has 0 saturated heterocycles. The lowest BCUT2D eigenvalue weighted by Gasteiger charge is -2.28. The van der Waals surface area contributed by atoms with E-state index in [4.69, 9.17) is 4.74 Å². The molecule has 0 amide bonds. The Bertz CT molecular complexity index is 329. The smallest absolute Gasteiger partial charge is 0.0601 e. The van der Waals surface area contributed by atoms with Crippen molar-refractivity contribution in [1.82, 2.24) is 10.3 Å². The van der Waals surface area contributed by atoms with Crippen LogP contribution in [0.5, 0.6) is 0 Å². The van der Waals surface area contributed by atoms with E-state index < -0.39 is 0 Å². The highest BCUT2D eigenvalue weighted by Gasteiger charge is 2.21. The van der Waals surface area contributed by atoms with Gasteiger partial charge >= 0.3 is 0 Å². The molecule has 1 saturated carbocycles. The van der Waals surface area contributed by atoms with Crippen LogP contribution in [-0.4, -0.2) is 24.2 Å². The Hall–Kier alpha value is -0.930. The minimum atomic E-state index is 0.485. The first kappa shape index (κ1) is 13.5. The average molecular weight is 248 g/mol. The molecular formula is C15H24N2O. The quantitative estimate of drug-likeness (QED) is 0.786. The van der Waals surface area contributed by atoms with E-state index in [1.807, 2.05) is 12.3 Å². The number of pyridine rings is 1.